The first-order valence-corrected chi connectivity index (χ1v) is 2.03. The molecule has 34 valence electrons. The number of nitrogens with one attached hydrogen (secondary N) is 1. The summed E-state index contributed by atoms with van der Waals surface area (Å²) >= 11 is 3.89. The Labute approximate surface area is 69.4 Å². The van der Waals surface area contributed by atoms with Crippen LogP contribution in [0.3, 0.4) is 0 Å². The number of hydrogen-bond acceptors (Lipinski definition) is 2. The van der Waals surface area contributed by atoms with E-state index in [1.54, 1.807) is 12.3 Å². The van der Waals surface area contributed by atoms with E-state index in [0.29, 0.717) is 0 Å². The molecule has 0 unspecified atom stereocenters. The van der Waals surface area contributed by atoms with Gasteiger partial charge in [0, 0.05) is 6.20 Å². The van der Waals surface area contributed by atoms with E-state index < -0.39 is 0 Å². The first kappa shape index (κ1) is 7.56. The first-order chi connectivity index (χ1) is 2.89. The monoisotopic (exact) mass is 124 g/mol. The molecule has 0 aromatic carbocycles. The van der Waals surface area contributed by atoms with Gasteiger partial charge in [-0.25, -0.2) is 0 Å². The van der Waals surface area contributed by atoms with E-state index in [9.17, 15) is 0 Å². The van der Waals surface area contributed by atoms with E-state index in [1.807, 2.05) is 0 Å². The molecular formula is C3H5N2NaS. The normalized spacial score (nSPS) is 7.57. The number of nitrogens with zero attached hydrogens (tertiary/aromatic N) is 1. The molecule has 0 atom stereocenters. The summed E-state index contributed by atoms with van der Waals surface area (Å²) < 4.78 is 0. The average molecular weight is 124 g/mol. The van der Waals surface area contributed by atoms with Crippen LogP contribution in [0.1, 0.15) is 0 Å². The predicted molar refractivity (Wildman–Crippen MR) is 33.0 cm³/mol. The van der Waals surface area contributed by atoms with Crippen LogP contribution in [0.15, 0.2) is 17.3 Å². The fraction of sp³-hybridized carbons (Fsp3) is 0. The van der Waals surface area contributed by atoms with Gasteiger partial charge in [-0.1, -0.05) is 0 Å². The van der Waals surface area contributed by atoms with Crippen molar-refractivity contribution in [1.29, 1.82) is 0 Å². The third-order valence-electron chi connectivity index (χ3n) is 0.486. The molecule has 1 N–H and O–H groups in total. The molecule has 0 aliphatic heterocycles. The second kappa shape index (κ2) is 3.55. The maximum atomic E-state index is 3.89. The van der Waals surface area contributed by atoms with Crippen molar-refractivity contribution in [2.24, 2.45) is 0 Å². The Morgan fingerprint density at radius 3 is 2.57 bits per heavy atom. The zero-order chi connectivity index (χ0) is 4.41. The number of hydrogen-bond donors (Lipinski definition) is 2. The Balaban J connectivity index is 0.000000360. The maximum absolute atomic E-state index is 3.89. The Hall–Kier alpha value is 0.560. The van der Waals surface area contributed by atoms with Crippen molar-refractivity contribution in [2.75, 3.05) is 0 Å². The van der Waals surface area contributed by atoms with Crippen molar-refractivity contribution in [1.82, 2.24) is 10.2 Å². The summed E-state index contributed by atoms with van der Waals surface area (Å²) in [6.45, 7) is 0. The molecule has 0 spiro atoms. The molecule has 2 nitrogen and oxygen atoms in total. The van der Waals surface area contributed by atoms with Gasteiger partial charge in [-0.2, -0.15) is 5.10 Å². The van der Waals surface area contributed by atoms with Gasteiger partial charge in [0.25, 0.3) is 0 Å². The van der Waals surface area contributed by atoms with E-state index in [-0.39, 0.29) is 29.6 Å². The van der Waals surface area contributed by atoms with Crippen LogP contribution in [0.4, 0.5) is 0 Å². The number of aromatic nitrogens is 2. The van der Waals surface area contributed by atoms with Crippen molar-refractivity contribution in [3.8, 4) is 0 Å². The standard InChI is InChI=1S/C3H4N2S.Na.H/c6-3-1-2-4-5-3;;/h1-2H,(H2,4,5,6);;. The second-order valence-electron chi connectivity index (χ2n) is 0.932. The molecule has 0 saturated heterocycles. The van der Waals surface area contributed by atoms with E-state index in [2.05, 4.69) is 22.8 Å². The molecule has 0 bridgehead atoms. The zero-order valence-corrected chi connectivity index (χ0v) is 3.94. The predicted octanol–water partition coefficient (Wildman–Crippen LogP) is 0.0499. The molecule has 0 fully saturated rings. The molecule has 0 amide bonds. The average Bonchev–Trinajstić information content (AvgIpc) is 1.86. The topological polar surface area (TPSA) is 28.7 Å². The fourth-order valence-electron chi connectivity index (χ4n) is 0.252. The Morgan fingerprint density at radius 2 is 2.43 bits per heavy atom. The van der Waals surface area contributed by atoms with Gasteiger partial charge in [-0.05, 0) is 6.07 Å². The summed E-state index contributed by atoms with van der Waals surface area (Å²) in [5, 5.41) is 6.99. The summed E-state index contributed by atoms with van der Waals surface area (Å²) in [6, 6.07) is 1.78. The summed E-state index contributed by atoms with van der Waals surface area (Å²) in [6.07, 6.45) is 1.72. The molecule has 4 heteroatoms. The number of H-pyrrole nitrogens is 1. The number of rotatable bonds is 0. The quantitative estimate of drug-likeness (QED) is 0.371. The number of aromatic amines is 1. The Kier molecular flexibility index (Phi) is 3.83. The van der Waals surface area contributed by atoms with Crippen molar-refractivity contribution in [3.05, 3.63) is 12.3 Å². The van der Waals surface area contributed by atoms with E-state index in [4.69, 9.17) is 0 Å². The SMILES string of the molecule is Sc1cc[nH]n1.[NaH]. The van der Waals surface area contributed by atoms with E-state index in [0.717, 1.165) is 5.03 Å². The fourth-order valence-corrected chi connectivity index (χ4v) is 0.385. The minimum atomic E-state index is 0. The molecule has 0 aliphatic carbocycles. The molecular weight excluding hydrogens is 119 g/mol. The van der Waals surface area contributed by atoms with E-state index >= 15 is 0 Å². The third-order valence-corrected chi connectivity index (χ3v) is 0.735. The van der Waals surface area contributed by atoms with Gasteiger partial charge in [0.15, 0.2) is 0 Å². The van der Waals surface area contributed by atoms with Gasteiger partial charge in [-0.3, -0.25) is 5.10 Å². The molecule has 1 aromatic heterocycles. The minimum absolute atomic E-state index is 0. The summed E-state index contributed by atoms with van der Waals surface area (Å²) in [5.74, 6) is 0. The summed E-state index contributed by atoms with van der Waals surface area (Å²) in [5.41, 5.74) is 0. The van der Waals surface area contributed by atoms with E-state index in [1.165, 1.54) is 0 Å². The molecule has 1 heterocycles. The van der Waals surface area contributed by atoms with Crippen LogP contribution in [-0.4, -0.2) is 39.8 Å². The van der Waals surface area contributed by atoms with Crippen LogP contribution < -0.4 is 0 Å². The van der Waals surface area contributed by atoms with Crippen molar-refractivity contribution in [3.63, 3.8) is 0 Å². The molecule has 0 aliphatic rings. The van der Waals surface area contributed by atoms with Gasteiger partial charge >= 0.3 is 29.6 Å². The molecule has 1 aromatic rings. The molecule has 1 rings (SSSR count). The van der Waals surface area contributed by atoms with Gasteiger partial charge in [0.05, 0.1) is 0 Å². The van der Waals surface area contributed by atoms with Crippen molar-refractivity contribution in [2.45, 2.75) is 5.03 Å². The van der Waals surface area contributed by atoms with Crippen molar-refractivity contribution >= 4 is 42.2 Å². The van der Waals surface area contributed by atoms with Crippen LogP contribution in [0, 0.1) is 0 Å². The van der Waals surface area contributed by atoms with Crippen LogP contribution in [0.2, 0.25) is 0 Å². The van der Waals surface area contributed by atoms with Gasteiger partial charge < -0.3 is 0 Å². The Bertz CT molecular complexity index is 116. The molecule has 7 heavy (non-hydrogen) atoms. The summed E-state index contributed by atoms with van der Waals surface area (Å²) in [7, 11) is 0. The number of thiol groups is 1. The van der Waals surface area contributed by atoms with Gasteiger partial charge in [0.2, 0.25) is 0 Å². The van der Waals surface area contributed by atoms with Crippen LogP contribution in [0.5, 0.6) is 0 Å². The Morgan fingerprint density at radius 1 is 1.71 bits per heavy atom. The first-order valence-electron chi connectivity index (χ1n) is 1.58. The van der Waals surface area contributed by atoms with Crippen molar-refractivity contribution < 1.29 is 0 Å². The zero-order valence-electron chi connectivity index (χ0n) is 3.05. The van der Waals surface area contributed by atoms with Gasteiger partial charge in [-0.15, -0.1) is 12.6 Å². The second-order valence-corrected chi connectivity index (χ2v) is 1.39. The molecule has 0 saturated carbocycles. The third kappa shape index (κ3) is 2.39. The van der Waals surface area contributed by atoms with Crippen LogP contribution in [0.25, 0.3) is 0 Å². The van der Waals surface area contributed by atoms with Crippen LogP contribution in [-0.2, 0) is 0 Å². The van der Waals surface area contributed by atoms with Gasteiger partial charge in [0.1, 0.15) is 5.03 Å². The summed E-state index contributed by atoms with van der Waals surface area (Å²) in [4.78, 5) is 0. The van der Waals surface area contributed by atoms with Crippen LogP contribution >= 0.6 is 12.6 Å². The molecule has 0 radical (unpaired) electrons.